The number of carbonyl (C=O) groups excluding carboxylic acids is 1. The molecule has 2 aromatic rings. The van der Waals surface area contributed by atoms with E-state index in [4.69, 9.17) is 17.3 Å². The molecule has 0 aliphatic rings. The van der Waals surface area contributed by atoms with Gasteiger partial charge in [0.15, 0.2) is 0 Å². The van der Waals surface area contributed by atoms with Gasteiger partial charge in [-0.3, -0.25) is 9.97 Å². The normalized spacial score (nSPS) is 10.1. The molecule has 1 aromatic heterocycles. The summed E-state index contributed by atoms with van der Waals surface area (Å²) in [5, 5.41) is 2.37. The van der Waals surface area contributed by atoms with Crippen LogP contribution in [0.1, 0.15) is 0 Å². The highest BCUT2D eigenvalue weighted by Crippen LogP contribution is 2.30. The second kappa shape index (κ2) is 4.97. The summed E-state index contributed by atoms with van der Waals surface area (Å²) in [5.74, 6) is -0.654. The topological polar surface area (TPSA) is 80.9 Å². The lowest BCUT2D eigenvalue weighted by molar-refractivity contribution is 0.259. The van der Waals surface area contributed by atoms with Crippen molar-refractivity contribution < 1.29 is 9.18 Å². The van der Waals surface area contributed by atoms with Crippen LogP contribution < -0.4 is 11.1 Å². The van der Waals surface area contributed by atoms with E-state index in [0.717, 1.165) is 6.07 Å². The molecule has 5 nitrogen and oxygen atoms in total. The minimum atomic E-state index is -0.864. The predicted molar refractivity (Wildman–Crippen MR) is 65.6 cm³/mol. The Morgan fingerprint density at radius 3 is 2.78 bits per heavy atom. The van der Waals surface area contributed by atoms with Gasteiger partial charge >= 0.3 is 6.03 Å². The van der Waals surface area contributed by atoms with Gasteiger partial charge in [0.25, 0.3) is 0 Å². The first kappa shape index (κ1) is 12.3. The highest BCUT2D eigenvalue weighted by Gasteiger charge is 2.12. The van der Waals surface area contributed by atoms with Crippen LogP contribution >= 0.6 is 11.6 Å². The van der Waals surface area contributed by atoms with Gasteiger partial charge in [0.05, 0.1) is 22.6 Å². The molecule has 7 heteroatoms. The maximum absolute atomic E-state index is 13.7. The zero-order valence-electron chi connectivity index (χ0n) is 9.02. The van der Waals surface area contributed by atoms with Crippen molar-refractivity contribution in [2.24, 2.45) is 5.73 Å². The number of amides is 2. The number of nitrogens with zero attached hydrogens (tertiary/aromatic N) is 2. The fourth-order valence-corrected chi connectivity index (χ4v) is 1.67. The van der Waals surface area contributed by atoms with E-state index in [2.05, 4.69) is 15.3 Å². The van der Waals surface area contributed by atoms with E-state index in [-0.39, 0.29) is 10.7 Å². The van der Waals surface area contributed by atoms with Gasteiger partial charge in [0, 0.05) is 18.0 Å². The second-order valence-corrected chi connectivity index (χ2v) is 3.80. The zero-order valence-corrected chi connectivity index (χ0v) is 9.78. The summed E-state index contributed by atoms with van der Waals surface area (Å²) in [6.45, 7) is 0. The molecule has 2 rings (SSSR count). The third-order valence-electron chi connectivity index (χ3n) is 2.15. The van der Waals surface area contributed by atoms with Gasteiger partial charge in [-0.1, -0.05) is 11.6 Å². The van der Waals surface area contributed by atoms with Crippen LogP contribution in [0.3, 0.4) is 0 Å². The number of benzene rings is 1. The van der Waals surface area contributed by atoms with Crippen LogP contribution in [-0.4, -0.2) is 16.0 Å². The summed E-state index contributed by atoms with van der Waals surface area (Å²) < 4.78 is 13.7. The maximum atomic E-state index is 13.7. The van der Waals surface area contributed by atoms with Gasteiger partial charge in [-0.15, -0.1) is 0 Å². The third-order valence-corrected chi connectivity index (χ3v) is 2.47. The average Bonchev–Trinajstić information content (AvgIpc) is 2.34. The van der Waals surface area contributed by atoms with Gasteiger partial charge < -0.3 is 11.1 Å². The largest absolute Gasteiger partial charge is 0.351 e. The Hall–Kier alpha value is -2.21. The van der Waals surface area contributed by atoms with Crippen molar-refractivity contribution in [3.63, 3.8) is 0 Å². The summed E-state index contributed by atoms with van der Waals surface area (Å²) >= 11 is 5.99. The first-order valence-corrected chi connectivity index (χ1v) is 5.27. The van der Waals surface area contributed by atoms with Gasteiger partial charge in [-0.05, 0) is 12.1 Å². The molecule has 0 unspecified atom stereocenters. The van der Waals surface area contributed by atoms with Crippen LogP contribution in [0.15, 0.2) is 30.7 Å². The Balaban J connectivity index is 2.46. The Bertz CT molecular complexity index is 591. The van der Waals surface area contributed by atoms with Gasteiger partial charge in [-0.25, -0.2) is 9.18 Å². The van der Waals surface area contributed by atoms with Crippen molar-refractivity contribution in [2.75, 3.05) is 5.32 Å². The van der Waals surface area contributed by atoms with Crippen LogP contribution in [0.2, 0.25) is 5.02 Å². The monoisotopic (exact) mass is 266 g/mol. The number of halogens is 2. The maximum Gasteiger partial charge on any atom is 0.316 e. The molecule has 0 atom stereocenters. The molecule has 3 N–H and O–H groups in total. The Kier molecular flexibility index (Phi) is 3.38. The quantitative estimate of drug-likeness (QED) is 0.876. The fourth-order valence-electron chi connectivity index (χ4n) is 1.41. The first-order valence-electron chi connectivity index (χ1n) is 4.90. The lowest BCUT2D eigenvalue weighted by atomic mass is 10.1. The first-order chi connectivity index (χ1) is 8.58. The van der Waals surface area contributed by atoms with Crippen LogP contribution in [0, 0.1) is 5.82 Å². The molecule has 92 valence electrons. The van der Waals surface area contributed by atoms with Crippen LogP contribution in [0.4, 0.5) is 14.9 Å². The molecule has 0 fully saturated rings. The van der Waals surface area contributed by atoms with E-state index in [1.807, 2.05) is 0 Å². The zero-order chi connectivity index (χ0) is 13.1. The molecule has 0 saturated carbocycles. The summed E-state index contributed by atoms with van der Waals surface area (Å²) in [6.07, 6.45) is 4.43. The number of anilines is 1. The number of hydrogen-bond donors (Lipinski definition) is 2. The van der Waals surface area contributed by atoms with Crippen molar-refractivity contribution >= 4 is 23.3 Å². The summed E-state index contributed by atoms with van der Waals surface area (Å²) in [7, 11) is 0. The van der Waals surface area contributed by atoms with E-state index in [1.165, 1.54) is 24.7 Å². The van der Waals surface area contributed by atoms with Crippen LogP contribution in [-0.2, 0) is 0 Å². The molecular formula is C11H8ClFN4O. The molecule has 18 heavy (non-hydrogen) atoms. The van der Waals surface area contributed by atoms with E-state index >= 15 is 0 Å². The van der Waals surface area contributed by atoms with Crippen molar-refractivity contribution in [1.82, 2.24) is 9.97 Å². The minimum Gasteiger partial charge on any atom is -0.351 e. The standard InChI is InChI=1S/C11H8ClFN4O/c12-7-4-9(17-11(14)18)8(13)3-6(7)10-5-15-1-2-16-10/h1-5H,(H3,14,17,18). The summed E-state index contributed by atoms with van der Waals surface area (Å²) in [4.78, 5) is 18.6. The van der Waals surface area contributed by atoms with Crippen molar-refractivity contribution in [3.8, 4) is 11.3 Å². The van der Waals surface area contributed by atoms with Gasteiger partial charge in [-0.2, -0.15) is 0 Å². The van der Waals surface area contributed by atoms with E-state index in [1.54, 1.807) is 0 Å². The van der Waals surface area contributed by atoms with Crippen LogP contribution in [0.5, 0.6) is 0 Å². The number of aromatic nitrogens is 2. The van der Waals surface area contributed by atoms with E-state index in [0.29, 0.717) is 11.3 Å². The highest BCUT2D eigenvalue weighted by atomic mass is 35.5. The number of rotatable bonds is 2. The van der Waals surface area contributed by atoms with Gasteiger partial charge in [0.2, 0.25) is 0 Å². The molecule has 0 saturated heterocycles. The molecule has 1 heterocycles. The molecule has 2 amide bonds. The SMILES string of the molecule is NC(=O)Nc1cc(Cl)c(-c2cnccn2)cc1F. The summed E-state index contributed by atoms with van der Waals surface area (Å²) in [6, 6.07) is 1.57. The number of hydrogen-bond acceptors (Lipinski definition) is 3. The highest BCUT2D eigenvalue weighted by molar-refractivity contribution is 6.33. The Morgan fingerprint density at radius 2 is 2.17 bits per heavy atom. The van der Waals surface area contributed by atoms with Crippen molar-refractivity contribution in [3.05, 3.63) is 41.6 Å². The number of nitrogens with two attached hydrogens (primary N) is 1. The predicted octanol–water partition coefficient (Wildman–Crippen LogP) is 2.43. The lowest BCUT2D eigenvalue weighted by Crippen LogP contribution is -2.20. The van der Waals surface area contributed by atoms with Gasteiger partial charge in [0.1, 0.15) is 5.82 Å². The molecule has 0 aliphatic carbocycles. The van der Waals surface area contributed by atoms with Crippen molar-refractivity contribution in [1.29, 1.82) is 0 Å². The smallest absolute Gasteiger partial charge is 0.316 e. The molecule has 0 spiro atoms. The van der Waals surface area contributed by atoms with E-state index in [9.17, 15) is 9.18 Å². The Labute approximate surface area is 107 Å². The minimum absolute atomic E-state index is 0.0832. The average molecular weight is 267 g/mol. The molecule has 1 aromatic carbocycles. The second-order valence-electron chi connectivity index (χ2n) is 3.39. The number of nitrogens with one attached hydrogen (secondary N) is 1. The molecule has 0 radical (unpaired) electrons. The van der Waals surface area contributed by atoms with Crippen molar-refractivity contribution in [2.45, 2.75) is 0 Å². The fraction of sp³-hybridized carbons (Fsp3) is 0. The number of urea groups is 1. The van der Waals surface area contributed by atoms with E-state index < -0.39 is 11.8 Å². The molecule has 0 bridgehead atoms. The molecule has 0 aliphatic heterocycles. The molecular weight excluding hydrogens is 259 g/mol. The lowest BCUT2D eigenvalue weighted by Gasteiger charge is -2.08. The van der Waals surface area contributed by atoms with Crippen LogP contribution in [0.25, 0.3) is 11.3 Å². The summed E-state index contributed by atoms with van der Waals surface area (Å²) in [5.41, 5.74) is 5.65. The Morgan fingerprint density at radius 1 is 1.39 bits per heavy atom. The third kappa shape index (κ3) is 2.54. The number of carbonyl (C=O) groups is 1. The number of primary amides is 1.